The average molecular weight is 388 g/mol. The predicted octanol–water partition coefficient (Wildman–Crippen LogP) is 2.49. The number of nitrogens with zero attached hydrogens (tertiary/aromatic N) is 3. The van der Waals surface area contributed by atoms with Crippen molar-refractivity contribution in [2.45, 2.75) is 32.7 Å². The summed E-state index contributed by atoms with van der Waals surface area (Å²) in [7, 11) is 3.19. The molecule has 28 heavy (non-hydrogen) atoms. The minimum atomic E-state index is 0.0218. The number of aromatic nitrogens is 2. The summed E-state index contributed by atoms with van der Waals surface area (Å²) in [5, 5.41) is 7.08. The zero-order chi connectivity index (χ0) is 19.9. The van der Waals surface area contributed by atoms with E-state index in [4.69, 9.17) is 14.0 Å². The third-order valence-electron chi connectivity index (χ3n) is 4.89. The Hall–Kier alpha value is -2.61. The molecule has 1 atom stereocenters. The Balaban J connectivity index is 1.63. The summed E-state index contributed by atoms with van der Waals surface area (Å²) in [5.74, 6) is 2.47. The molecular formula is C20H28N4O4. The summed E-state index contributed by atoms with van der Waals surface area (Å²) in [6.45, 7) is 4.96. The van der Waals surface area contributed by atoms with Gasteiger partial charge < -0.3 is 19.3 Å². The third-order valence-corrected chi connectivity index (χ3v) is 4.89. The Morgan fingerprint density at radius 3 is 2.89 bits per heavy atom. The van der Waals surface area contributed by atoms with Gasteiger partial charge in [0.2, 0.25) is 17.6 Å². The van der Waals surface area contributed by atoms with E-state index >= 15 is 0 Å². The Kier molecular flexibility index (Phi) is 6.86. The highest BCUT2D eigenvalue weighted by atomic mass is 16.5. The first kappa shape index (κ1) is 20.1. The van der Waals surface area contributed by atoms with Crippen molar-refractivity contribution in [3.8, 4) is 22.9 Å². The number of benzene rings is 1. The van der Waals surface area contributed by atoms with Crippen LogP contribution in [0.4, 0.5) is 0 Å². The zero-order valence-corrected chi connectivity index (χ0v) is 16.7. The van der Waals surface area contributed by atoms with Gasteiger partial charge in [-0.15, -0.1) is 0 Å². The van der Waals surface area contributed by atoms with Gasteiger partial charge in [0, 0.05) is 18.7 Å². The monoisotopic (exact) mass is 388 g/mol. The summed E-state index contributed by atoms with van der Waals surface area (Å²) >= 11 is 0. The van der Waals surface area contributed by atoms with Crippen molar-refractivity contribution >= 4 is 5.91 Å². The summed E-state index contributed by atoms with van der Waals surface area (Å²) < 4.78 is 16.0. The summed E-state index contributed by atoms with van der Waals surface area (Å²) in [6, 6.07) is 5.50. The van der Waals surface area contributed by atoms with E-state index in [-0.39, 0.29) is 11.8 Å². The number of carbonyl (C=O) groups is 1. The Morgan fingerprint density at radius 1 is 1.32 bits per heavy atom. The molecule has 0 spiro atoms. The molecule has 1 amide bonds. The fourth-order valence-corrected chi connectivity index (χ4v) is 3.41. The van der Waals surface area contributed by atoms with E-state index in [2.05, 4.69) is 27.3 Å². The van der Waals surface area contributed by atoms with Gasteiger partial charge in [0.15, 0.2) is 11.5 Å². The van der Waals surface area contributed by atoms with Gasteiger partial charge in [-0.2, -0.15) is 4.98 Å². The van der Waals surface area contributed by atoms with Gasteiger partial charge in [-0.25, -0.2) is 0 Å². The molecule has 8 nitrogen and oxygen atoms in total. The quantitative estimate of drug-likeness (QED) is 0.743. The maximum absolute atomic E-state index is 12.2. The van der Waals surface area contributed by atoms with Gasteiger partial charge in [0.1, 0.15) is 0 Å². The van der Waals surface area contributed by atoms with Gasteiger partial charge in [-0.1, -0.05) is 12.1 Å². The molecule has 2 aromatic rings. The van der Waals surface area contributed by atoms with Gasteiger partial charge >= 0.3 is 0 Å². The molecule has 1 aromatic heterocycles. The highest BCUT2D eigenvalue weighted by Gasteiger charge is 2.26. The van der Waals surface area contributed by atoms with Crippen LogP contribution in [0.15, 0.2) is 22.7 Å². The molecule has 8 heteroatoms. The van der Waals surface area contributed by atoms with E-state index in [1.165, 1.54) is 0 Å². The van der Waals surface area contributed by atoms with Crippen LogP contribution < -0.4 is 14.8 Å². The standard InChI is InChI=1S/C20H28N4O4/c1-4-9-21-20(25)15-6-5-10-24(12-15)13-18-22-19(23-28-18)14-7-8-16(26-2)17(11-14)27-3/h7-8,11,15H,4-6,9-10,12-13H2,1-3H3,(H,21,25)/t15-/m1/s1. The van der Waals surface area contributed by atoms with Crippen LogP contribution in [0.3, 0.4) is 0 Å². The number of hydrogen-bond acceptors (Lipinski definition) is 7. The Bertz CT molecular complexity index is 792. The van der Waals surface area contributed by atoms with Crippen LogP contribution in [0.25, 0.3) is 11.4 Å². The van der Waals surface area contributed by atoms with Crippen molar-refractivity contribution in [1.29, 1.82) is 0 Å². The third kappa shape index (κ3) is 4.81. The van der Waals surface area contributed by atoms with Crippen molar-refractivity contribution < 1.29 is 18.8 Å². The maximum Gasteiger partial charge on any atom is 0.241 e. The lowest BCUT2D eigenvalue weighted by atomic mass is 9.97. The molecular weight excluding hydrogens is 360 g/mol. The first-order chi connectivity index (χ1) is 13.6. The minimum absolute atomic E-state index is 0.0218. The molecule has 0 saturated carbocycles. The highest BCUT2D eigenvalue weighted by molar-refractivity contribution is 5.78. The van der Waals surface area contributed by atoms with Crippen LogP contribution in [-0.2, 0) is 11.3 Å². The number of likely N-dealkylation sites (tertiary alicyclic amines) is 1. The van der Waals surface area contributed by atoms with Crippen LogP contribution in [0.1, 0.15) is 32.1 Å². The fraction of sp³-hybridized carbons (Fsp3) is 0.550. The lowest BCUT2D eigenvalue weighted by Crippen LogP contribution is -2.42. The molecule has 1 aliphatic heterocycles. The molecule has 0 unspecified atom stereocenters. The van der Waals surface area contributed by atoms with Gasteiger partial charge in [0.25, 0.3) is 0 Å². The number of piperidine rings is 1. The normalized spacial score (nSPS) is 17.3. The molecule has 1 N–H and O–H groups in total. The number of methoxy groups -OCH3 is 2. The fourth-order valence-electron chi connectivity index (χ4n) is 3.41. The molecule has 1 saturated heterocycles. The molecule has 3 rings (SSSR count). The molecule has 152 valence electrons. The summed E-state index contributed by atoms with van der Waals surface area (Å²) in [6.07, 6.45) is 2.86. The lowest BCUT2D eigenvalue weighted by molar-refractivity contribution is -0.126. The van der Waals surface area contributed by atoms with Crippen LogP contribution in [0.5, 0.6) is 11.5 Å². The molecule has 1 aromatic carbocycles. The molecule has 1 aliphatic rings. The van der Waals surface area contributed by atoms with E-state index < -0.39 is 0 Å². The van der Waals surface area contributed by atoms with Gasteiger partial charge in [0.05, 0.1) is 26.7 Å². The summed E-state index contributed by atoms with van der Waals surface area (Å²) in [4.78, 5) is 19.0. The largest absolute Gasteiger partial charge is 0.493 e. The number of rotatable bonds is 8. The van der Waals surface area contributed by atoms with E-state index in [0.29, 0.717) is 36.3 Å². The number of nitrogens with one attached hydrogen (secondary N) is 1. The van der Waals surface area contributed by atoms with E-state index in [1.54, 1.807) is 14.2 Å². The predicted molar refractivity (Wildman–Crippen MR) is 104 cm³/mol. The van der Waals surface area contributed by atoms with Crippen LogP contribution in [0, 0.1) is 5.92 Å². The van der Waals surface area contributed by atoms with Crippen molar-refractivity contribution in [3.63, 3.8) is 0 Å². The number of amides is 1. The maximum atomic E-state index is 12.2. The Labute approximate surface area is 165 Å². The number of ether oxygens (including phenoxy) is 2. The van der Waals surface area contributed by atoms with Crippen LogP contribution in [0.2, 0.25) is 0 Å². The molecule has 2 heterocycles. The Morgan fingerprint density at radius 2 is 2.14 bits per heavy atom. The molecule has 0 aliphatic carbocycles. The van der Waals surface area contributed by atoms with E-state index in [0.717, 1.165) is 37.9 Å². The molecule has 0 radical (unpaired) electrons. The zero-order valence-electron chi connectivity index (χ0n) is 16.7. The van der Waals surface area contributed by atoms with Crippen LogP contribution in [-0.4, -0.2) is 54.8 Å². The van der Waals surface area contributed by atoms with Crippen molar-refractivity contribution in [3.05, 3.63) is 24.1 Å². The number of carbonyl (C=O) groups excluding carboxylic acids is 1. The molecule has 0 bridgehead atoms. The summed E-state index contributed by atoms with van der Waals surface area (Å²) in [5.41, 5.74) is 0.795. The first-order valence-corrected chi connectivity index (χ1v) is 9.69. The van der Waals surface area contributed by atoms with Crippen molar-refractivity contribution in [1.82, 2.24) is 20.4 Å². The average Bonchev–Trinajstić information content (AvgIpc) is 3.20. The van der Waals surface area contributed by atoms with E-state index in [1.807, 2.05) is 18.2 Å². The van der Waals surface area contributed by atoms with Crippen LogP contribution >= 0.6 is 0 Å². The minimum Gasteiger partial charge on any atom is -0.493 e. The second kappa shape index (κ2) is 9.54. The van der Waals surface area contributed by atoms with Crippen molar-refractivity contribution in [2.75, 3.05) is 33.9 Å². The second-order valence-corrected chi connectivity index (χ2v) is 6.95. The SMILES string of the molecule is CCCNC(=O)[C@@H]1CCCN(Cc2nc(-c3ccc(OC)c(OC)c3)no2)C1. The molecule has 1 fully saturated rings. The van der Waals surface area contributed by atoms with Gasteiger partial charge in [-0.3, -0.25) is 9.69 Å². The first-order valence-electron chi connectivity index (χ1n) is 9.69. The second-order valence-electron chi connectivity index (χ2n) is 6.95. The lowest BCUT2D eigenvalue weighted by Gasteiger charge is -2.30. The van der Waals surface area contributed by atoms with Crippen molar-refractivity contribution in [2.24, 2.45) is 5.92 Å². The van der Waals surface area contributed by atoms with Gasteiger partial charge in [-0.05, 0) is 44.0 Å². The topological polar surface area (TPSA) is 89.7 Å². The van der Waals surface area contributed by atoms with E-state index in [9.17, 15) is 4.79 Å². The smallest absolute Gasteiger partial charge is 0.241 e. The highest BCUT2D eigenvalue weighted by Crippen LogP contribution is 2.31. The number of hydrogen-bond donors (Lipinski definition) is 1.